The molecule has 212 valence electrons. The highest BCUT2D eigenvalue weighted by molar-refractivity contribution is 5.95. The third-order valence-electron chi connectivity index (χ3n) is 6.91. The van der Waals surface area contributed by atoms with E-state index >= 15 is 0 Å². The number of rotatable bonds is 10. The van der Waals surface area contributed by atoms with Gasteiger partial charge in [0.05, 0.1) is 17.5 Å². The van der Waals surface area contributed by atoms with Crippen LogP contribution in [0.15, 0.2) is 78.9 Å². The Bertz CT molecular complexity index is 1450. The van der Waals surface area contributed by atoms with Gasteiger partial charge in [-0.2, -0.15) is 0 Å². The lowest BCUT2D eigenvalue weighted by molar-refractivity contribution is -0.137. The summed E-state index contributed by atoms with van der Waals surface area (Å²) in [5.74, 6) is -0.896. The molecule has 0 bridgehead atoms. The molecule has 0 aliphatic carbocycles. The first-order valence-electron chi connectivity index (χ1n) is 13.5. The summed E-state index contributed by atoms with van der Waals surface area (Å²) in [7, 11) is 0. The van der Waals surface area contributed by atoms with Crippen molar-refractivity contribution in [2.75, 3.05) is 23.3 Å². The molecule has 1 aliphatic rings. The van der Waals surface area contributed by atoms with Crippen LogP contribution in [0.4, 0.5) is 16.4 Å². The molecule has 1 aromatic heterocycles. The summed E-state index contributed by atoms with van der Waals surface area (Å²) in [5.41, 5.74) is 4.07. The second kappa shape index (κ2) is 12.9. The lowest BCUT2D eigenvalue weighted by atomic mass is 10.0. The van der Waals surface area contributed by atoms with Crippen LogP contribution in [0.3, 0.4) is 0 Å². The number of aliphatic carboxylic acids is 1. The number of piperidine rings is 1. The monoisotopic (exact) mass is 556 g/mol. The summed E-state index contributed by atoms with van der Waals surface area (Å²) in [5, 5.41) is 17.7. The van der Waals surface area contributed by atoms with Gasteiger partial charge in [-0.15, -0.1) is 0 Å². The van der Waals surface area contributed by atoms with Gasteiger partial charge in [0.2, 0.25) is 5.95 Å². The predicted octanol–water partition coefficient (Wildman–Crippen LogP) is 4.10. The van der Waals surface area contributed by atoms with Crippen molar-refractivity contribution < 1.29 is 24.2 Å². The number of hydrogen-bond donors (Lipinski definition) is 5. The van der Waals surface area contributed by atoms with Crippen LogP contribution < -0.4 is 20.9 Å². The standard InChI is InChI=1S/C30H32N6O5/c37-27(38)18-26(35-30(40)41-19-20-6-2-1-3-7-20)34-28(39)21-10-12-23(13-11-21)36-16-14-22(15-17-36)31-29-32-24-8-4-5-9-25(24)33-29/h1-13,22,26H,14-19H2,(H,34,39)(H,35,40)(H,37,38)(H2,31,32,33). The molecule has 2 amide bonds. The molecule has 0 spiro atoms. The molecule has 0 saturated carbocycles. The minimum absolute atomic E-state index is 0.0229. The fraction of sp³-hybridized carbons (Fsp3) is 0.267. The number of carboxylic acids is 1. The summed E-state index contributed by atoms with van der Waals surface area (Å²) >= 11 is 0. The average Bonchev–Trinajstić information content (AvgIpc) is 3.39. The van der Waals surface area contributed by atoms with Gasteiger partial charge in [-0.3, -0.25) is 9.59 Å². The van der Waals surface area contributed by atoms with Crippen molar-refractivity contribution in [3.63, 3.8) is 0 Å². The van der Waals surface area contributed by atoms with E-state index in [1.807, 2.05) is 54.6 Å². The highest BCUT2D eigenvalue weighted by Crippen LogP contribution is 2.23. The Hall–Kier alpha value is -5.06. The minimum Gasteiger partial charge on any atom is -0.481 e. The Kier molecular flexibility index (Phi) is 8.63. The maximum absolute atomic E-state index is 12.8. The van der Waals surface area contributed by atoms with Gasteiger partial charge in [0.25, 0.3) is 5.91 Å². The van der Waals surface area contributed by atoms with E-state index < -0.39 is 30.6 Å². The number of ether oxygens (including phenoxy) is 1. The molecular formula is C30H32N6O5. The number of aromatic nitrogens is 2. The van der Waals surface area contributed by atoms with Crippen LogP contribution in [0.2, 0.25) is 0 Å². The first kappa shape index (κ1) is 27.5. The van der Waals surface area contributed by atoms with Crippen LogP contribution in [-0.2, 0) is 16.1 Å². The summed E-state index contributed by atoms with van der Waals surface area (Å²) in [6.07, 6.45) is -0.596. The Morgan fingerprint density at radius 3 is 2.37 bits per heavy atom. The van der Waals surface area contributed by atoms with Crippen LogP contribution in [0.25, 0.3) is 11.0 Å². The fourth-order valence-electron chi connectivity index (χ4n) is 4.78. The number of carbonyl (C=O) groups excluding carboxylic acids is 2. The predicted molar refractivity (Wildman–Crippen MR) is 155 cm³/mol. The second-order valence-corrected chi connectivity index (χ2v) is 9.89. The molecule has 3 aromatic carbocycles. The molecule has 41 heavy (non-hydrogen) atoms. The summed E-state index contributed by atoms with van der Waals surface area (Å²) in [4.78, 5) is 46.6. The Balaban J connectivity index is 1.11. The van der Waals surface area contributed by atoms with Gasteiger partial charge in [-0.05, 0) is 54.8 Å². The highest BCUT2D eigenvalue weighted by Gasteiger charge is 2.22. The molecule has 1 atom stereocenters. The average molecular weight is 557 g/mol. The largest absolute Gasteiger partial charge is 0.481 e. The van der Waals surface area contributed by atoms with E-state index in [1.54, 1.807) is 24.3 Å². The van der Waals surface area contributed by atoms with Gasteiger partial charge in [0, 0.05) is 30.4 Å². The molecule has 1 saturated heterocycles. The van der Waals surface area contributed by atoms with E-state index in [1.165, 1.54) is 0 Å². The number of alkyl carbamates (subject to hydrolysis) is 1. The molecule has 5 N–H and O–H groups in total. The van der Waals surface area contributed by atoms with E-state index in [-0.39, 0.29) is 6.61 Å². The molecule has 4 aromatic rings. The zero-order valence-electron chi connectivity index (χ0n) is 22.4. The number of carboxylic acid groups (broad SMARTS) is 1. The van der Waals surface area contributed by atoms with Crippen molar-refractivity contribution in [3.8, 4) is 0 Å². The Morgan fingerprint density at radius 1 is 0.951 bits per heavy atom. The van der Waals surface area contributed by atoms with E-state index in [2.05, 4.69) is 30.8 Å². The third kappa shape index (κ3) is 7.53. The highest BCUT2D eigenvalue weighted by atomic mass is 16.5. The second-order valence-electron chi connectivity index (χ2n) is 9.89. The SMILES string of the molecule is O=C(O)CC(NC(=O)OCc1ccccc1)NC(=O)c1ccc(N2CCC(Nc3nc4ccccc4[nH]3)CC2)cc1. The Morgan fingerprint density at radius 2 is 1.66 bits per heavy atom. The first-order chi connectivity index (χ1) is 19.9. The minimum atomic E-state index is -1.17. The number of amides is 2. The van der Waals surface area contributed by atoms with E-state index in [9.17, 15) is 19.5 Å². The quantitative estimate of drug-likeness (QED) is 0.183. The van der Waals surface area contributed by atoms with Crippen LogP contribution >= 0.6 is 0 Å². The zero-order chi connectivity index (χ0) is 28.6. The number of para-hydroxylation sites is 2. The van der Waals surface area contributed by atoms with Crippen LogP contribution in [0.1, 0.15) is 35.2 Å². The maximum Gasteiger partial charge on any atom is 0.409 e. The number of nitrogens with one attached hydrogen (secondary N) is 4. The van der Waals surface area contributed by atoms with E-state index in [0.29, 0.717) is 11.6 Å². The third-order valence-corrected chi connectivity index (χ3v) is 6.91. The fourth-order valence-corrected chi connectivity index (χ4v) is 4.78. The van der Waals surface area contributed by atoms with Gasteiger partial charge in [0.15, 0.2) is 0 Å². The topological polar surface area (TPSA) is 149 Å². The number of fused-ring (bicyclic) bond motifs is 1. The number of H-pyrrole nitrogens is 1. The van der Waals surface area contributed by atoms with Gasteiger partial charge in [0.1, 0.15) is 12.8 Å². The summed E-state index contributed by atoms with van der Waals surface area (Å²) in [6, 6.07) is 24.4. The molecule has 1 fully saturated rings. The molecule has 2 heterocycles. The number of benzene rings is 3. The lowest BCUT2D eigenvalue weighted by Gasteiger charge is -2.34. The number of imidazole rings is 1. The number of anilines is 2. The first-order valence-corrected chi connectivity index (χ1v) is 13.5. The van der Waals surface area contributed by atoms with Crippen LogP contribution in [0, 0.1) is 0 Å². The van der Waals surface area contributed by atoms with Crippen LogP contribution in [0.5, 0.6) is 0 Å². The van der Waals surface area contributed by atoms with Crippen LogP contribution in [-0.4, -0.2) is 58.3 Å². The van der Waals surface area contributed by atoms with Gasteiger partial charge >= 0.3 is 12.1 Å². The molecular weight excluding hydrogens is 524 g/mol. The Labute approximate surface area is 236 Å². The van der Waals surface area contributed by atoms with Crippen molar-refractivity contribution in [2.45, 2.75) is 38.1 Å². The number of carbonyl (C=O) groups is 3. The molecule has 1 aliphatic heterocycles. The van der Waals surface area contributed by atoms with Gasteiger partial charge in [-0.25, -0.2) is 9.78 Å². The summed E-state index contributed by atoms with van der Waals surface area (Å²) in [6.45, 7) is 1.72. The normalized spacial score (nSPS) is 14.3. The number of hydrogen-bond acceptors (Lipinski definition) is 7. The molecule has 0 radical (unpaired) electrons. The van der Waals surface area contributed by atoms with Crippen molar-refractivity contribution in [1.82, 2.24) is 20.6 Å². The van der Waals surface area contributed by atoms with E-state index in [0.717, 1.165) is 54.2 Å². The zero-order valence-corrected chi connectivity index (χ0v) is 22.4. The smallest absolute Gasteiger partial charge is 0.409 e. The molecule has 5 rings (SSSR count). The van der Waals surface area contributed by atoms with Crippen molar-refractivity contribution in [2.24, 2.45) is 0 Å². The summed E-state index contributed by atoms with van der Waals surface area (Å²) < 4.78 is 5.16. The van der Waals surface area contributed by atoms with Crippen molar-refractivity contribution >= 4 is 40.6 Å². The number of nitrogens with zero attached hydrogens (tertiary/aromatic N) is 2. The van der Waals surface area contributed by atoms with Crippen molar-refractivity contribution in [1.29, 1.82) is 0 Å². The number of aromatic amines is 1. The molecule has 11 nitrogen and oxygen atoms in total. The maximum atomic E-state index is 12.8. The van der Waals surface area contributed by atoms with Gasteiger partial charge in [-0.1, -0.05) is 42.5 Å². The van der Waals surface area contributed by atoms with E-state index in [4.69, 9.17) is 4.74 Å². The molecule has 1 unspecified atom stereocenters. The lowest BCUT2D eigenvalue weighted by Crippen LogP contribution is -2.49. The van der Waals surface area contributed by atoms with Crippen molar-refractivity contribution in [3.05, 3.63) is 90.0 Å². The van der Waals surface area contributed by atoms with Gasteiger partial charge < -0.3 is 35.7 Å². The molecule has 11 heteroatoms.